The molecule has 0 saturated carbocycles. The number of hydrogen-bond acceptors (Lipinski definition) is 4. The fraction of sp³-hybridized carbons (Fsp3) is 0.583. The number of carboxylic acids is 1. The molecule has 0 aromatic carbocycles. The first kappa shape index (κ1) is 13.8. The highest BCUT2D eigenvalue weighted by molar-refractivity contribution is 7.16. The molecule has 1 fully saturated rings. The van der Waals surface area contributed by atoms with Crippen LogP contribution in [0.3, 0.4) is 0 Å². The normalized spacial score (nSPS) is 18.8. The lowest BCUT2D eigenvalue weighted by atomic mass is 9.90. The summed E-state index contributed by atoms with van der Waals surface area (Å²) in [5, 5.41) is 12.5. The first-order valence-corrected chi connectivity index (χ1v) is 7.04. The molecule has 1 aromatic heterocycles. The summed E-state index contributed by atoms with van der Waals surface area (Å²) in [6.07, 6.45) is 1.00. The van der Waals surface area contributed by atoms with Crippen LogP contribution in [-0.2, 0) is 16.1 Å². The van der Waals surface area contributed by atoms with Crippen LogP contribution in [0.15, 0.2) is 6.07 Å². The van der Waals surface area contributed by atoms with Crippen molar-refractivity contribution in [2.45, 2.75) is 31.8 Å². The number of thiophene rings is 1. The molecule has 1 saturated heterocycles. The molecule has 2 rings (SSSR count). The maximum atomic E-state index is 11.4. The second-order valence-electron chi connectivity index (χ2n) is 4.52. The number of hydrogen-bond donors (Lipinski definition) is 2. The summed E-state index contributed by atoms with van der Waals surface area (Å²) in [4.78, 5) is 12.5. The van der Waals surface area contributed by atoms with E-state index in [2.05, 4.69) is 5.32 Å². The van der Waals surface area contributed by atoms with Crippen LogP contribution in [0.2, 0.25) is 4.34 Å². The molecule has 0 bridgehead atoms. The fourth-order valence-corrected chi connectivity index (χ4v) is 3.23. The lowest BCUT2D eigenvalue weighted by Gasteiger charge is -2.33. The summed E-state index contributed by atoms with van der Waals surface area (Å²) in [5.41, 5.74) is 0.178. The Morgan fingerprint density at radius 3 is 2.78 bits per heavy atom. The van der Waals surface area contributed by atoms with Crippen LogP contribution in [0.4, 0.5) is 0 Å². The minimum Gasteiger partial charge on any atom is -0.480 e. The van der Waals surface area contributed by atoms with Gasteiger partial charge in [-0.15, -0.1) is 11.3 Å². The van der Waals surface area contributed by atoms with Gasteiger partial charge in [0.25, 0.3) is 0 Å². The van der Waals surface area contributed by atoms with Gasteiger partial charge in [0.2, 0.25) is 0 Å². The van der Waals surface area contributed by atoms with Gasteiger partial charge in [-0.05, 0) is 31.4 Å². The summed E-state index contributed by atoms with van der Waals surface area (Å²) >= 11 is 7.49. The maximum absolute atomic E-state index is 11.4. The third-order valence-electron chi connectivity index (χ3n) is 3.26. The van der Waals surface area contributed by atoms with E-state index in [4.69, 9.17) is 16.3 Å². The monoisotopic (exact) mass is 289 g/mol. The number of carbonyl (C=O) groups is 1. The first-order valence-electron chi connectivity index (χ1n) is 5.84. The lowest BCUT2D eigenvalue weighted by molar-refractivity contribution is -0.149. The van der Waals surface area contributed by atoms with Crippen molar-refractivity contribution in [1.82, 2.24) is 5.32 Å². The average Bonchev–Trinajstić information content (AvgIpc) is 2.67. The smallest absolute Gasteiger partial charge is 0.324 e. The molecule has 1 aliphatic heterocycles. The number of ether oxygens (including phenoxy) is 1. The van der Waals surface area contributed by atoms with E-state index in [0.29, 0.717) is 32.6 Å². The van der Waals surface area contributed by atoms with E-state index < -0.39 is 11.5 Å². The molecule has 1 aliphatic rings. The Bertz CT molecular complexity index is 421. The van der Waals surface area contributed by atoms with Gasteiger partial charge in [-0.2, -0.15) is 0 Å². The SMILES string of the molecule is Cc1cc(CNC2(C(=O)O)CCOCC2)sc1Cl. The second-order valence-corrected chi connectivity index (χ2v) is 6.26. The third kappa shape index (κ3) is 2.85. The van der Waals surface area contributed by atoms with Crippen molar-refractivity contribution in [2.24, 2.45) is 0 Å². The lowest BCUT2D eigenvalue weighted by Crippen LogP contribution is -2.55. The third-order valence-corrected chi connectivity index (χ3v) is 4.82. The van der Waals surface area contributed by atoms with E-state index in [-0.39, 0.29) is 0 Å². The summed E-state index contributed by atoms with van der Waals surface area (Å²) in [7, 11) is 0. The van der Waals surface area contributed by atoms with Crippen LogP contribution in [0.1, 0.15) is 23.3 Å². The van der Waals surface area contributed by atoms with Gasteiger partial charge in [-0.1, -0.05) is 11.6 Å². The zero-order chi connectivity index (χ0) is 13.2. The molecule has 0 spiro atoms. The Balaban J connectivity index is 2.03. The van der Waals surface area contributed by atoms with Gasteiger partial charge >= 0.3 is 5.97 Å². The second kappa shape index (κ2) is 5.57. The van der Waals surface area contributed by atoms with Crippen LogP contribution < -0.4 is 5.32 Å². The predicted octanol–water partition coefficient (Wildman–Crippen LogP) is 2.43. The summed E-state index contributed by atoms with van der Waals surface area (Å²) in [5.74, 6) is -0.801. The molecule has 0 radical (unpaired) electrons. The summed E-state index contributed by atoms with van der Waals surface area (Å²) in [6, 6.07) is 1.99. The van der Waals surface area contributed by atoms with Crippen LogP contribution >= 0.6 is 22.9 Å². The van der Waals surface area contributed by atoms with Crippen molar-refractivity contribution in [3.05, 3.63) is 20.8 Å². The van der Waals surface area contributed by atoms with Gasteiger partial charge in [0, 0.05) is 24.6 Å². The number of aryl methyl sites for hydroxylation is 1. The molecule has 18 heavy (non-hydrogen) atoms. The fourth-order valence-electron chi connectivity index (χ4n) is 2.05. The highest BCUT2D eigenvalue weighted by atomic mass is 35.5. The van der Waals surface area contributed by atoms with Gasteiger partial charge in [0.05, 0.1) is 4.34 Å². The number of carboxylic acid groups (broad SMARTS) is 1. The number of halogens is 1. The first-order chi connectivity index (χ1) is 8.53. The van der Waals surface area contributed by atoms with Gasteiger partial charge in [0.15, 0.2) is 0 Å². The number of rotatable bonds is 4. The van der Waals surface area contributed by atoms with E-state index in [1.807, 2.05) is 13.0 Å². The molecular weight excluding hydrogens is 274 g/mol. The van der Waals surface area contributed by atoms with Crippen molar-refractivity contribution >= 4 is 28.9 Å². The van der Waals surface area contributed by atoms with Crippen LogP contribution in [0.5, 0.6) is 0 Å². The molecular formula is C12H16ClNO3S. The van der Waals surface area contributed by atoms with E-state index in [9.17, 15) is 9.90 Å². The molecule has 2 heterocycles. The Labute approximate surface area is 115 Å². The van der Waals surface area contributed by atoms with Crippen molar-refractivity contribution < 1.29 is 14.6 Å². The van der Waals surface area contributed by atoms with Gasteiger partial charge in [0.1, 0.15) is 5.54 Å². The van der Waals surface area contributed by atoms with Crippen LogP contribution in [0, 0.1) is 6.92 Å². The number of nitrogens with one attached hydrogen (secondary N) is 1. The quantitative estimate of drug-likeness (QED) is 0.894. The zero-order valence-corrected chi connectivity index (χ0v) is 11.7. The Kier molecular flexibility index (Phi) is 4.27. The summed E-state index contributed by atoms with van der Waals surface area (Å²) < 4.78 is 6.00. The predicted molar refractivity (Wildman–Crippen MR) is 71.3 cm³/mol. The van der Waals surface area contributed by atoms with Crippen molar-refractivity contribution in [3.8, 4) is 0 Å². The Hall–Kier alpha value is -0.620. The standard InChI is InChI=1S/C12H16ClNO3S/c1-8-6-9(18-10(8)13)7-14-12(11(15)16)2-4-17-5-3-12/h6,14H,2-5,7H2,1H3,(H,15,16). The number of aliphatic carboxylic acids is 1. The van der Waals surface area contributed by atoms with Crippen molar-refractivity contribution in [2.75, 3.05) is 13.2 Å². The Morgan fingerprint density at radius 1 is 1.61 bits per heavy atom. The molecule has 100 valence electrons. The maximum Gasteiger partial charge on any atom is 0.324 e. The van der Waals surface area contributed by atoms with Crippen LogP contribution in [-0.4, -0.2) is 29.8 Å². The minimum absolute atomic E-state index is 0.490. The van der Waals surface area contributed by atoms with Crippen LogP contribution in [0.25, 0.3) is 0 Å². The van der Waals surface area contributed by atoms with Crippen molar-refractivity contribution in [1.29, 1.82) is 0 Å². The molecule has 0 amide bonds. The largest absolute Gasteiger partial charge is 0.480 e. The van der Waals surface area contributed by atoms with E-state index in [1.165, 1.54) is 11.3 Å². The van der Waals surface area contributed by atoms with E-state index in [1.54, 1.807) is 0 Å². The highest BCUT2D eigenvalue weighted by Gasteiger charge is 2.39. The van der Waals surface area contributed by atoms with Gasteiger partial charge in [-0.3, -0.25) is 10.1 Å². The minimum atomic E-state index is -0.859. The molecule has 0 aliphatic carbocycles. The average molecular weight is 290 g/mol. The van der Waals surface area contributed by atoms with Gasteiger partial charge < -0.3 is 9.84 Å². The topological polar surface area (TPSA) is 58.6 Å². The van der Waals surface area contributed by atoms with E-state index >= 15 is 0 Å². The van der Waals surface area contributed by atoms with Crippen molar-refractivity contribution in [3.63, 3.8) is 0 Å². The Morgan fingerprint density at radius 2 is 2.28 bits per heavy atom. The highest BCUT2D eigenvalue weighted by Crippen LogP contribution is 2.28. The van der Waals surface area contributed by atoms with E-state index in [0.717, 1.165) is 14.8 Å². The molecule has 0 atom stereocenters. The zero-order valence-electron chi connectivity index (χ0n) is 10.2. The van der Waals surface area contributed by atoms with Gasteiger partial charge in [-0.25, -0.2) is 0 Å². The summed E-state index contributed by atoms with van der Waals surface area (Å²) in [6.45, 7) is 3.46. The molecule has 0 unspecified atom stereocenters. The molecule has 2 N–H and O–H groups in total. The molecule has 4 nitrogen and oxygen atoms in total. The molecule has 6 heteroatoms. The molecule has 1 aromatic rings.